The van der Waals surface area contributed by atoms with E-state index in [4.69, 9.17) is 29.7 Å². The Bertz CT molecular complexity index is 131. The average molecular weight is 302 g/mol. The van der Waals surface area contributed by atoms with Crippen LogP contribution in [0.3, 0.4) is 0 Å². The van der Waals surface area contributed by atoms with Gasteiger partial charge in [0.15, 0.2) is 0 Å². The van der Waals surface area contributed by atoms with Gasteiger partial charge in [0, 0.05) is 54.6 Å². The monoisotopic (exact) mass is 302 g/mol. The van der Waals surface area contributed by atoms with E-state index < -0.39 is 17.9 Å². The molecular formula is C6H13CoLiMnO6. The van der Waals surface area contributed by atoms with Crippen molar-refractivity contribution >= 4 is 17.9 Å². The van der Waals surface area contributed by atoms with Crippen LogP contribution in [-0.2, 0) is 48.2 Å². The molecule has 0 heterocycles. The largest absolute Gasteiger partial charge is 1.00 e. The molecule has 0 aromatic carbocycles. The number of aliphatic carboxylic acids is 3. The zero-order chi connectivity index (χ0) is 10.7. The molecule has 15 heavy (non-hydrogen) atoms. The van der Waals surface area contributed by atoms with Gasteiger partial charge in [0.2, 0.25) is 0 Å². The van der Waals surface area contributed by atoms with Gasteiger partial charge in [0.05, 0.1) is 0 Å². The zero-order valence-electron chi connectivity index (χ0n) is 9.78. The Morgan fingerprint density at radius 3 is 0.800 bits per heavy atom. The zero-order valence-corrected chi connectivity index (χ0v) is 11.0. The van der Waals surface area contributed by atoms with Crippen LogP contribution in [0.15, 0.2) is 0 Å². The summed E-state index contributed by atoms with van der Waals surface area (Å²) in [5, 5.41) is 22.2. The van der Waals surface area contributed by atoms with Crippen LogP contribution in [0.2, 0.25) is 0 Å². The topological polar surface area (TPSA) is 112 Å². The van der Waals surface area contributed by atoms with Gasteiger partial charge in [-0.1, -0.05) is 0 Å². The van der Waals surface area contributed by atoms with E-state index in [2.05, 4.69) is 0 Å². The number of carbonyl (C=O) groups is 3. The number of rotatable bonds is 0. The Labute approximate surface area is 122 Å². The average Bonchev–Trinajstić information content (AvgIpc) is 1.54. The standard InChI is InChI=1S/3C2H4O2.Co.Li.Mn.H/c3*1-2(3)4;;;;/h3*1H3,(H,3,4);;;;/q;;;;+1;;-1. The number of carboxylic acid groups (broad SMARTS) is 3. The van der Waals surface area contributed by atoms with Crippen molar-refractivity contribution in [2.45, 2.75) is 20.8 Å². The molecule has 0 saturated carbocycles. The Morgan fingerprint density at radius 2 is 0.800 bits per heavy atom. The van der Waals surface area contributed by atoms with Gasteiger partial charge in [-0.05, 0) is 0 Å². The van der Waals surface area contributed by atoms with Gasteiger partial charge in [0.25, 0.3) is 17.9 Å². The molecule has 0 aliphatic rings. The summed E-state index contributed by atoms with van der Waals surface area (Å²) in [6.07, 6.45) is 0. The SMILES string of the molecule is CC(=O)O.CC(=O)O.CC(=O)O.[Co].[H-].[Li+].[Mn]. The molecule has 3 N–H and O–H groups in total. The summed E-state index contributed by atoms with van der Waals surface area (Å²) in [4.78, 5) is 27.0. The maximum Gasteiger partial charge on any atom is 1.00 e. The molecule has 9 heteroatoms. The van der Waals surface area contributed by atoms with E-state index in [-0.39, 0.29) is 54.1 Å². The Kier molecular flexibility index (Phi) is 70.7. The molecule has 0 atom stereocenters. The molecule has 6 nitrogen and oxygen atoms in total. The van der Waals surface area contributed by atoms with E-state index in [1.165, 1.54) is 0 Å². The minimum Gasteiger partial charge on any atom is -1.00 e. The third-order valence-electron chi connectivity index (χ3n) is 0. The summed E-state index contributed by atoms with van der Waals surface area (Å²) in [5.74, 6) is -2.50. The van der Waals surface area contributed by atoms with E-state index >= 15 is 0 Å². The van der Waals surface area contributed by atoms with Crippen LogP contribution >= 0.6 is 0 Å². The Morgan fingerprint density at radius 1 is 0.800 bits per heavy atom. The summed E-state index contributed by atoms with van der Waals surface area (Å²) < 4.78 is 0. The van der Waals surface area contributed by atoms with Crippen LogP contribution < -0.4 is 18.9 Å². The van der Waals surface area contributed by atoms with Crippen LogP contribution in [0, 0.1) is 0 Å². The predicted octanol–water partition coefficient (Wildman–Crippen LogP) is -2.62. The van der Waals surface area contributed by atoms with Crippen LogP contribution in [0.25, 0.3) is 0 Å². The molecule has 0 amide bonds. The minimum atomic E-state index is -0.833. The predicted molar refractivity (Wildman–Crippen MR) is 41.0 cm³/mol. The second-order valence-electron chi connectivity index (χ2n) is 1.56. The van der Waals surface area contributed by atoms with Crippen LogP contribution in [-0.4, -0.2) is 33.2 Å². The van der Waals surface area contributed by atoms with E-state index in [9.17, 15) is 0 Å². The van der Waals surface area contributed by atoms with Crippen molar-refractivity contribution in [3.8, 4) is 0 Å². The first-order valence-electron chi connectivity index (χ1n) is 2.78. The smallest absolute Gasteiger partial charge is 1.00 e. The molecule has 2 radical (unpaired) electrons. The van der Waals surface area contributed by atoms with Gasteiger partial charge in [-0.3, -0.25) is 14.4 Å². The molecule has 0 aromatic heterocycles. The Balaban J connectivity index is -0.0000000135. The Hall–Kier alpha value is 0.0334. The summed E-state index contributed by atoms with van der Waals surface area (Å²) in [6, 6.07) is 0. The van der Waals surface area contributed by atoms with E-state index in [1.54, 1.807) is 0 Å². The number of carboxylic acids is 3. The van der Waals surface area contributed by atoms with Crippen LogP contribution in [0.4, 0.5) is 0 Å². The third-order valence-corrected chi connectivity index (χ3v) is 0. The van der Waals surface area contributed by atoms with Gasteiger partial charge >= 0.3 is 18.9 Å². The second-order valence-corrected chi connectivity index (χ2v) is 1.56. The summed E-state index contributed by atoms with van der Waals surface area (Å²) in [6.45, 7) is 3.25. The van der Waals surface area contributed by atoms with Crippen molar-refractivity contribution in [2.75, 3.05) is 0 Å². The van der Waals surface area contributed by atoms with Crippen molar-refractivity contribution in [1.29, 1.82) is 0 Å². The summed E-state index contributed by atoms with van der Waals surface area (Å²) in [7, 11) is 0. The minimum absolute atomic E-state index is 0. The van der Waals surface area contributed by atoms with Gasteiger partial charge in [0.1, 0.15) is 0 Å². The fraction of sp³-hybridized carbons (Fsp3) is 0.500. The first-order valence-corrected chi connectivity index (χ1v) is 2.78. The van der Waals surface area contributed by atoms with Gasteiger partial charge in [-0.25, -0.2) is 0 Å². The molecule has 0 rings (SSSR count). The molecule has 0 unspecified atom stereocenters. The molecule has 0 aliphatic heterocycles. The normalized spacial score (nSPS) is 5.00. The van der Waals surface area contributed by atoms with Gasteiger partial charge in [-0.2, -0.15) is 0 Å². The molecule has 0 fully saturated rings. The van der Waals surface area contributed by atoms with Crippen molar-refractivity contribution in [1.82, 2.24) is 0 Å². The van der Waals surface area contributed by atoms with Gasteiger partial charge < -0.3 is 16.7 Å². The fourth-order valence-corrected chi connectivity index (χ4v) is 0. The maximum absolute atomic E-state index is 9.00. The molecule has 0 saturated heterocycles. The first-order chi connectivity index (χ1) is 5.20. The van der Waals surface area contributed by atoms with Crippen molar-refractivity contribution < 1.29 is 83.8 Å². The molecule has 90 valence electrons. The van der Waals surface area contributed by atoms with Crippen LogP contribution in [0.5, 0.6) is 0 Å². The van der Waals surface area contributed by atoms with Crippen molar-refractivity contribution in [3.63, 3.8) is 0 Å². The van der Waals surface area contributed by atoms with E-state index in [1.807, 2.05) is 0 Å². The molecule has 0 aromatic rings. The molecule has 0 bridgehead atoms. The van der Waals surface area contributed by atoms with E-state index in [0.29, 0.717) is 0 Å². The summed E-state index contributed by atoms with van der Waals surface area (Å²) in [5.41, 5.74) is 0. The van der Waals surface area contributed by atoms with Crippen LogP contribution in [0.1, 0.15) is 22.2 Å². The fourth-order valence-electron chi connectivity index (χ4n) is 0. The first kappa shape index (κ1) is 36.3. The number of hydrogen-bond donors (Lipinski definition) is 3. The summed E-state index contributed by atoms with van der Waals surface area (Å²) >= 11 is 0. The van der Waals surface area contributed by atoms with Crippen molar-refractivity contribution in [3.05, 3.63) is 0 Å². The van der Waals surface area contributed by atoms with E-state index in [0.717, 1.165) is 20.8 Å². The molecule has 0 aliphatic carbocycles. The third kappa shape index (κ3) is 1820000. The quantitative estimate of drug-likeness (QED) is 0.423. The van der Waals surface area contributed by atoms with Crippen molar-refractivity contribution in [2.24, 2.45) is 0 Å². The second kappa shape index (κ2) is 29.2. The molecular weight excluding hydrogens is 289 g/mol. The van der Waals surface area contributed by atoms with Gasteiger partial charge in [-0.15, -0.1) is 0 Å². The molecule has 0 spiro atoms. The maximum atomic E-state index is 9.00. The number of hydrogen-bond acceptors (Lipinski definition) is 3.